The maximum absolute atomic E-state index is 12.5. The highest BCUT2D eigenvalue weighted by atomic mass is 32.1. The molecule has 0 aliphatic rings. The van der Waals surface area contributed by atoms with Gasteiger partial charge in [-0.1, -0.05) is 48.5 Å². The number of aryl methyl sites for hydroxylation is 1. The van der Waals surface area contributed by atoms with Crippen molar-refractivity contribution in [2.75, 3.05) is 5.32 Å². The summed E-state index contributed by atoms with van der Waals surface area (Å²) in [6.07, 6.45) is 0.281. The van der Waals surface area contributed by atoms with Crippen LogP contribution in [0.4, 0.5) is 5.69 Å². The highest BCUT2D eigenvalue weighted by molar-refractivity contribution is 7.12. The molecule has 2 aromatic carbocycles. The molecule has 0 saturated carbocycles. The van der Waals surface area contributed by atoms with Gasteiger partial charge in [-0.05, 0) is 26.0 Å². The lowest BCUT2D eigenvalue weighted by atomic mass is 10.1. The van der Waals surface area contributed by atoms with Gasteiger partial charge in [0.1, 0.15) is 0 Å². The van der Waals surface area contributed by atoms with Gasteiger partial charge in [0, 0.05) is 27.9 Å². The van der Waals surface area contributed by atoms with Gasteiger partial charge < -0.3 is 5.32 Å². The van der Waals surface area contributed by atoms with E-state index in [1.54, 1.807) is 11.3 Å². The van der Waals surface area contributed by atoms with Crippen LogP contribution in [0.15, 0.2) is 66.0 Å². The summed E-state index contributed by atoms with van der Waals surface area (Å²) in [5, 5.41) is 10.4. The fourth-order valence-electron chi connectivity index (χ4n) is 3.11. The van der Waals surface area contributed by atoms with E-state index >= 15 is 0 Å². The summed E-state index contributed by atoms with van der Waals surface area (Å²) < 4.78 is 1.83. The van der Waals surface area contributed by atoms with Gasteiger partial charge >= 0.3 is 0 Å². The van der Waals surface area contributed by atoms with Gasteiger partial charge in [0.25, 0.3) is 0 Å². The molecule has 0 unspecified atom stereocenters. The third-order valence-electron chi connectivity index (χ3n) is 4.58. The van der Waals surface area contributed by atoms with E-state index in [1.165, 1.54) is 0 Å². The van der Waals surface area contributed by atoms with Crippen molar-refractivity contribution in [3.63, 3.8) is 0 Å². The van der Waals surface area contributed by atoms with E-state index in [-0.39, 0.29) is 12.3 Å². The monoisotopic (exact) mass is 388 g/mol. The Morgan fingerprint density at radius 1 is 1.04 bits per heavy atom. The molecule has 0 saturated heterocycles. The zero-order valence-corrected chi connectivity index (χ0v) is 16.5. The van der Waals surface area contributed by atoms with Gasteiger partial charge in [-0.25, -0.2) is 9.67 Å². The van der Waals surface area contributed by atoms with Crippen molar-refractivity contribution in [2.45, 2.75) is 20.3 Å². The molecule has 0 aliphatic carbocycles. The first-order chi connectivity index (χ1) is 13.6. The van der Waals surface area contributed by atoms with E-state index in [2.05, 4.69) is 10.4 Å². The van der Waals surface area contributed by atoms with Crippen molar-refractivity contribution in [1.82, 2.24) is 14.8 Å². The minimum Gasteiger partial charge on any atom is -0.326 e. The smallest absolute Gasteiger partial charge is 0.228 e. The minimum atomic E-state index is -0.0546. The number of thiazole rings is 1. The number of nitrogens with zero attached hydrogens (tertiary/aromatic N) is 3. The van der Waals surface area contributed by atoms with E-state index in [4.69, 9.17) is 4.98 Å². The molecular weight excluding hydrogens is 368 g/mol. The van der Waals surface area contributed by atoms with Crippen LogP contribution in [0.5, 0.6) is 0 Å². The molecule has 2 heterocycles. The molecule has 0 aliphatic heterocycles. The first kappa shape index (κ1) is 18.1. The zero-order valence-electron chi connectivity index (χ0n) is 15.7. The van der Waals surface area contributed by atoms with Gasteiger partial charge in [0.15, 0.2) is 0 Å². The lowest BCUT2D eigenvalue weighted by Crippen LogP contribution is -2.15. The maximum atomic E-state index is 12.5. The van der Waals surface area contributed by atoms with Crippen molar-refractivity contribution in [2.24, 2.45) is 0 Å². The Kier molecular flexibility index (Phi) is 5.04. The molecule has 1 amide bonds. The topological polar surface area (TPSA) is 59.8 Å². The minimum absolute atomic E-state index is 0.0546. The Labute approximate surface area is 167 Å². The molecule has 1 N–H and O–H groups in total. The van der Waals surface area contributed by atoms with Crippen molar-refractivity contribution >= 4 is 22.9 Å². The number of carbonyl (C=O) groups excluding carboxylic acids is 1. The summed E-state index contributed by atoms with van der Waals surface area (Å²) in [4.78, 5) is 17.2. The third-order valence-corrected chi connectivity index (χ3v) is 5.40. The van der Waals surface area contributed by atoms with Crippen LogP contribution in [0, 0.1) is 13.8 Å². The lowest BCUT2D eigenvalue weighted by molar-refractivity contribution is -0.115. The molecule has 0 spiro atoms. The second kappa shape index (κ2) is 7.78. The van der Waals surface area contributed by atoms with Crippen molar-refractivity contribution in [1.29, 1.82) is 0 Å². The predicted molar refractivity (Wildman–Crippen MR) is 113 cm³/mol. The highest BCUT2D eigenvalue weighted by Gasteiger charge is 2.18. The van der Waals surface area contributed by atoms with E-state index in [0.717, 1.165) is 39.0 Å². The highest BCUT2D eigenvalue weighted by Crippen LogP contribution is 2.26. The molecule has 0 bridgehead atoms. The number of anilines is 1. The molecule has 0 atom stereocenters. The van der Waals surface area contributed by atoms with Crippen LogP contribution >= 0.6 is 11.3 Å². The van der Waals surface area contributed by atoms with Gasteiger partial charge in [-0.3, -0.25) is 4.79 Å². The number of carbonyl (C=O) groups is 1. The molecule has 6 heteroatoms. The van der Waals surface area contributed by atoms with Gasteiger partial charge in [0.2, 0.25) is 11.0 Å². The SMILES string of the molecule is Cc1nn(-c2nc(-c3ccccc3)cs2)c(C)c1CC(=O)Nc1ccccc1. The third kappa shape index (κ3) is 3.73. The molecule has 140 valence electrons. The molecular formula is C22H20N4OS. The Morgan fingerprint density at radius 2 is 1.71 bits per heavy atom. The van der Waals surface area contributed by atoms with Crippen LogP contribution in [0.25, 0.3) is 16.4 Å². The molecule has 28 heavy (non-hydrogen) atoms. The Balaban J connectivity index is 1.56. The summed E-state index contributed by atoms with van der Waals surface area (Å²) in [5.41, 5.74) is 5.52. The second-order valence-corrected chi connectivity index (χ2v) is 7.37. The average Bonchev–Trinajstić information content (AvgIpc) is 3.30. The van der Waals surface area contributed by atoms with E-state index in [1.807, 2.05) is 84.6 Å². The normalized spacial score (nSPS) is 10.8. The summed E-state index contributed by atoms with van der Waals surface area (Å²) in [6, 6.07) is 19.6. The van der Waals surface area contributed by atoms with Crippen LogP contribution < -0.4 is 5.32 Å². The number of benzene rings is 2. The maximum Gasteiger partial charge on any atom is 0.228 e. The quantitative estimate of drug-likeness (QED) is 0.534. The Bertz CT molecular complexity index is 1100. The molecule has 4 rings (SSSR count). The van der Waals surface area contributed by atoms with Crippen LogP contribution in [0.2, 0.25) is 0 Å². The number of hydrogen-bond acceptors (Lipinski definition) is 4. The Morgan fingerprint density at radius 3 is 2.43 bits per heavy atom. The van der Waals surface area contributed by atoms with E-state index in [9.17, 15) is 4.79 Å². The van der Waals surface area contributed by atoms with E-state index in [0.29, 0.717) is 0 Å². The molecule has 0 radical (unpaired) electrons. The number of hydrogen-bond donors (Lipinski definition) is 1. The van der Waals surface area contributed by atoms with E-state index < -0.39 is 0 Å². The van der Waals surface area contributed by atoms with Gasteiger partial charge in [-0.15, -0.1) is 11.3 Å². The summed E-state index contributed by atoms with van der Waals surface area (Å²) >= 11 is 1.54. The molecule has 5 nitrogen and oxygen atoms in total. The largest absolute Gasteiger partial charge is 0.326 e. The van der Waals surface area contributed by atoms with Gasteiger partial charge in [-0.2, -0.15) is 5.10 Å². The van der Waals surface area contributed by atoms with Crippen molar-refractivity contribution in [3.05, 3.63) is 83.0 Å². The van der Waals surface area contributed by atoms with Crippen LogP contribution in [-0.4, -0.2) is 20.7 Å². The number of rotatable bonds is 5. The summed E-state index contributed by atoms with van der Waals surface area (Å²) in [5.74, 6) is -0.0546. The lowest BCUT2D eigenvalue weighted by Gasteiger charge is -2.05. The average molecular weight is 388 g/mol. The first-order valence-electron chi connectivity index (χ1n) is 9.03. The van der Waals surface area contributed by atoms with Crippen molar-refractivity contribution in [3.8, 4) is 16.4 Å². The second-order valence-electron chi connectivity index (χ2n) is 6.53. The summed E-state index contributed by atoms with van der Waals surface area (Å²) in [6.45, 7) is 3.91. The molecule has 2 aromatic heterocycles. The van der Waals surface area contributed by atoms with Crippen LogP contribution in [-0.2, 0) is 11.2 Å². The van der Waals surface area contributed by atoms with Crippen molar-refractivity contribution < 1.29 is 4.79 Å². The molecule has 4 aromatic rings. The summed E-state index contributed by atoms with van der Waals surface area (Å²) in [7, 11) is 0. The number of amides is 1. The Hall–Kier alpha value is -3.25. The standard InChI is InChI=1S/C22H20N4OS/c1-15-19(13-21(27)23-18-11-7-4-8-12-18)16(2)26(25-15)22-24-20(14-28-22)17-9-5-3-6-10-17/h3-12,14H,13H2,1-2H3,(H,23,27). The van der Waals surface area contributed by atoms with Gasteiger partial charge in [0.05, 0.1) is 17.8 Å². The zero-order chi connectivity index (χ0) is 19.5. The van der Waals surface area contributed by atoms with Crippen LogP contribution in [0.3, 0.4) is 0 Å². The fourth-order valence-corrected chi connectivity index (χ4v) is 3.94. The number of nitrogens with one attached hydrogen (secondary N) is 1. The fraction of sp³-hybridized carbons (Fsp3) is 0.136. The first-order valence-corrected chi connectivity index (χ1v) is 9.91. The molecule has 0 fully saturated rings. The van der Waals surface area contributed by atoms with Crippen LogP contribution in [0.1, 0.15) is 17.0 Å². The number of para-hydroxylation sites is 1. The predicted octanol–water partition coefficient (Wildman–Crippen LogP) is 4.79. The number of aromatic nitrogens is 3.